The van der Waals surface area contributed by atoms with Crippen molar-refractivity contribution in [3.8, 4) is 0 Å². The number of aliphatic hydroxyl groups excluding tert-OH is 1. The van der Waals surface area contributed by atoms with Gasteiger partial charge < -0.3 is 9.67 Å². The van der Waals surface area contributed by atoms with Crippen LogP contribution >= 0.6 is 9.12 Å². The van der Waals surface area contributed by atoms with E-state index in [1.165, 1.54) is 0 Å². The van der Waals surface area contributed by atoms with Crippen LogP contribution in [-0.2, 0) is 14.2 Å². The molecule has 0 heterocycles. The Bertz CT molecular complexity index is 117. The zero-order chi connectivity index (χ0) is 11.5. The molecule has 3 N–H and O–H groups in total. The molecule has 0 amide bonds. The third-order valence-electron chi connectivity index (χ3n) is 0.512. The molecule has 0 spiro atoms. The molecule has 78 valence electrons. The molecule has 1 atom stereocenters. The second kappa shape index (κ2) is 69.5. The quantitative estimate of drug-likeness (QED) is 0.349. The van der Waals surface area contributed by atoms with Gasteiger partial charge in [-0.05, 0) is 6.42 Å². The lowest BCUT2D eigenvalue weighted by Gasteiger charge is -1.79. The number of aliphatic hydroxyl groups is 1. The average molecular weight is 210 g/mol. The Morgan fingerprint density at radius 3 is 1.46 bits per heavy atom. The number of unbranched alkanes of at least 4 members (excludes halogenated alkanes) is 1. The molecule has 0 aliphatic rings. The molecule has 0 fully saturated rings. The molecule has 13 heavy (non-hydrogen) atoms. The molecule has 0 aromatic rings. The lowest BCUT2D eigenvalue weighted by molar-refractivity contribution is 0.287. The van der Waals surface area contributed by atoms with Gasteiger partial charge in [-0.3, -0.25) is 0 Å². The topological polar surface area (TPSA) is 119 Å². The fourth-order valence-corrected chi connectivity index (χ4v) is 0.158. The van der Waals surface area contributed by atoms with Gasteiger partial charge in [0.15, 0.2) is 0 Å². The van der Waals surface area contributed by atoms with Crippen LogP contribution in [0.3, 0.4) is 0 Å². The van der Waals surface area contributed by atoms with E-state index in [2.05, 4.69) is 6.92 Å². The molecular formula is C6H15N2O4P. The summed E-state index contributed by atoms with van der Waals surface area (Å²) < 4.78 is 8.28. The number of rotatable bonds is 2. The van der Waals surface area contributed by atoms with Crippen molar-refractivity contribution in [2.24, 2.45) is 0 Å². The molecule has 0 radical (unpaired) electrons. The first-order valence-electron chi connectivity index (χ1n) is 3.22. The molecule has 6 nitrogen and oxygen atoms in total. The molecule has 0 aliphatic heterocycles. The molecular weight excluding hydrogens is 195 g/mol. The smallest absolute Gasteiger partial charge is 0.231 e. The van der Waals surface area contributed by atoms with E-state index in [1.807, 2.05) is 0 Å². The number of hydrogen-bond donors (Lipinski definition) is 3. The van der Waals surface area contributed by atoms with E-state index in [1.54, 1.807) is 0 Å². The van der Waals surface area contributed by atoms with Gasteiger partial charge in [0, 0.05) is 6.61 Å². The summed E-state index contributed by atoms with van der Waals surface area (Å²) in [5.74, 6) is 0. The monoisotopic (exact) mass is 210 g/mol. The highest BCUT2D eigenvalue weighted by Crippen LogP contribution is 1.78. The summed E-state index contributed by atoms with van der Waals surface area (Å²) in [5.41, 5.74) is 0. The molecule has 0 rings (SSSR count). The normalized spacial score (nSPS) is 5.08. The van der Waals surface area contributed by atoms with Gasteiger partial charge in [0.1, 0.15) is 0 Å². The van der Waals surface area contributed by atoms with Gasteiger partial charge >= 0.3 is 0 Å². The van der Waals surface area contributed by atoms with E-state index >= 15 is 0 Å². The summed E-state index contributed by atoms with van der Waals surface area (Å²) in [7, 11) is 0.611. The summed E-state index contributed by atoms with van der Waals surface area (Å²) in [5, 5.41) is 18.9. The van der Waals surface area contributed by atoms with Crippen LogP contribution < -0.4 is 0 Å². The van der Waals surface area contributed by atoms with Gasteiger partial charge in [0.25, 0.3) is 0 Å². The third kappa shape index (κ3) is 972. The van der Waals surface area contributed by atoms with Gasteiger partial charge in [0.2, 0.25) is 12.2 Å². The van der Waals surface area contributed by atoms with Crippen molar-refractivity contribution >= 4 is 21.3 Å². The number of hydrogen-bond acceptors (Lipinski definition) is 6. The highest BCUT2D eigenvalue weighted by atomic mass is 31.0. The molecule has 0 bridgehead atoms. The van der Waals surface area contributed by atoms with E-state index < -0.39 is 0 Å². The number of isocyanates is 2. The lowest BCUT2D eigenvalue weighted by atomic mass is 10.4. The first kappa shape index (κ1) is 22.7. The molecule has 0 saturated heterocycles. The second-order valence-corrected chi connectivity index (χ2v) is 1.28. The van der Waals surface area contributed by atoms with Crippen molar-refractivity contribution in [3.05, 3.63) is 0 Å². The maximum atomic E-state index is 8.35. The van der Waals surface area contributed by atoms with Crippen LogP contribution in [0.25, 0.3) is 0 Å². The SMILES string of the molecule is CCCCO.N=C=O.N=C=O.O=[PH3]. The molecule has 1 unspecified atom stereocenters. The van der Waals surface area contributed by atoms with Crippen LogP contribution in [0.5, 0.6) is 0 Å². The van der Waals surface area contributed by atoms with Gasteiger partial charge in [-0.1, -0.05) is 13.3 Å². The third-order valence-corrected chi connectivity index (χ3v) is 0.512. The van der Waals surface area contributed by atoms with E-state index in [9.17, 15) is 0 Å². The minimum Gasteiger partial charge on any atom is -0.396 e. The Hall–Kier alpha value is -1.05. The van der Waals surface area contributed by atoms with Crippen LogP contribution in [0.4, 0.5) is 0 Å². The molecule has 0 saturated carbocycles. The van der Waals surface area contributed by atoms with Gasteiger partial charge in [-0.15, -0.1) is 0 Å². The van der Waals surface area contributed by atoms with Crippen LogP contribution in [0.2, 0.25) is 0 Å². The predicted octanol–water partition coefficient (Wildman–Crippen LogP) is 0.520. The number of carbonyl (C=O) groups excluding carboxylic acids is 2. The van der Waals surface area contributed by atoms with Crippen molar-refractivity contribution in [3.63, 3.8) is 0 Å². The largest absolute Gasteiger partial charge is 0.396 e. The number of nitrogens with one attached hydrogen (secondary N) is 2. The Balaban J connectivity index is -0.0000000446. The fraction of sp³-hybridized carbons (Fsp3) is 0.667. The highest BCUT2D eigenvalue weighted by molar-refractivity contribution is 7.00. The first-order valence-corrected chi connectivity index (χ1v) is 3.80. The summed E-state index contributed by atoms with van der Waals surface area (Å²) in [6, 6.07) is 0. The van der Waals surface area contributed by atoms with Crippen molar-refractivity contribution < 1.29 is 19.3 Å². The van der Waals surface area contributed by atoms with E-state index in [0.717, 1.165) is 25.0 Å². The van der Waals surface area contributed by atoms with Gasteiger partial charge in [0.05, 0.1) is 9.12 Å². The van der Waals surface area contributed by atoms with Gasteiger partial charge in [-0.2, -0.15) is 0 Å². The van der Waals surface area contributed by atoms with Crippen LogP contribution in [0, 0.1) is 10.8 Å². The summed E-state index contributed by atoms with van der Waals surface area (Å²) in [6.07, 6.45) is 3.54. The Kier molecular flexibility index (Phi) is 121. The molecule has 0 aliphatic carbocycles. The second-order valence-electron chi connectivity index (χ2n) is 1.28. The fourth-order valence-electron chi connectivity index (χ4n) is 0.158. The molecule has 7 heteroatoms. The Morgan fingerprint density at radius 1 is 1.23 bits per heavy atom. The minimum atomic E-state index is 0.344. The lowest BCUT2D eigenvalue weighted by Crippen LogP contribution is -1.75. The minimum absolute atomic E-state index is 0.344. The Morgan fingerprint density at radius 2 is 1.46 bits per heavy atom. The summed E-state index contributed by atoms with van der Waals surface area (Å²) >= 11 is 0. The standard InChI is InChI=1S/C4H10O.2CHNO.H3OP/c1-2-3-4-5;2*2-1-3;1-2/h5H,2-4H2,1H3;2*2H;2H3. The molecule has 0 aromatic heterocycles. The van der Waals surface area contributed by atoms with Crippen LogP contribution in [0.1, 0.15) is 19.8 Å². The first-order chi connectivity index (χ1) is 6.24. The van der Waals surface area contributed by atoms with Crippen LogP contribution in [-0.4, -0.2) is 23.9 Å². The van der Waals surface area contributed by atoms with Crippen molar-refractivity contribution in [1.82, 2.24) is 0 Å². The van der Waals surface area contributed by atoms with Crippen LogP contribution in [0.15, 0.2) is 0 Å². The van der Waals surface area contributed by atoms with Gasteiger partial charge in [-0.25, -0.2) is 20.4 Å². The predicted molar refractivity (Wildman–Crippen MR) is 50.6 cm³/mol. The summed E-state index contributed by atoms with van der Waals surface area (Å²) in [4.78, 5) is 16.7. The van der Waals surface area contributed by atoms with Crippen molar-refractivity contribution in [2.45, 2.75) is 19.8 Å². The van der Waals surface area contributed by atoms with Crippen molar-refractivity contribution in [2.75, 3.05) is 6.61 Å². The average Bonchev–Trinajstić information content (AvgIpc) is 2.12. The summed E-state index contributed by atoms with van der Waals surface area (Å²) in [6.45, 7) is 2.40. The van der Waals surface area contributed by atoms with E-state index in [0.29, 0.717) is 15.7 Å². The maximum absolute atomic E-state index is 8.35. The van der Waals surface area contributed by atoms with E-state index in [4.69, 9.17) is 30.1 Å². The highest BCUT2D eigenvalue weighted by Gasteiger charge is 1.69. The van der Waals surface area contributed by atoms with E-state index in [-0.39, 0.29) is 0 Å². The maximum Gasteiger partial charge on any atom is 0.231 e. The zero-order valence-electron chi connectivity index (χ0n) is 7.50. The van der Waals surface area contributed by atoms with Crippen molar-refractivity contribution in [1.29, 1.82) is 10.8 Å². The Labute approximate surface area is 78.6 Å². The zero-order valence-corrected chi connectivity index (χ0v) is 8.91. The molecule has 0 aromatic carbocycles.